The number of hydrogen-bond donors (Lipinski definition) is 1. The van der Waals surface area contributed by atoms with Crippen LogP contribution in [0.5, 0.6) is 0 Å². The van der Waals surface area contributed by atoms with Crippen LogP contribution in [0.15, 0.2) is 35.1 Å². The van der Waals surface area contributed by atoms with Crippen molar-refractivity contribution >= 4 is 17.5 Å². The summed E-state index contributed by atoms with van der Waals surface area (Å²) < 4.78 is 4.96. The van der Waals surface area contributed by atoms with Crippen molar-refractivity contribution in [1.29, 1.82) is 5.26 Å². The van der Waals surface area contributed by atoms with Crippen molar-refractivity contribution in [3.8, 4) is 17.3 Å². The van der Waals surface area contributed by atoms with Gasteiger partial charge in [-0.15, -0.1) is 0 Å². The molecule has 1 atom stereocenters. The van der Waals surface area contributed by atoms with Crippen LogP contribution in [0, 0.1) is 11.5 Å². The van der Waals surface area contributed by atoms with Crippen molar-refractivity contribution in [2.75, 3.05) is 13.1 Å². The number of hydrogen-bond acceptors (Lipinski definition) is 5. The highest BCUT2D eigenvalue weighted by Gasteiger charge is 2.25. The molecule has 2 heterocycles. The third kappa shape index (κ3) is 3.30. The third-order valence-corrected chi connectivity index (χ3v) is 4.20. The van der Waals surface area contributed by atoms with Gasteiger partial charge in [0.15, 0.2) is 11.9 Å². The maximum Gasteiger partial charge on any atom is 0.274 e. The number of halogens is 1. The number of nitrogens with one attached hydrogen (secondary N) is 1. The summed E-state index contributed by atoms with van der Waals surface area (Å²) in [6, 6.07) is 7.15. The maximum atomic E-state index is 12.4. The molecule has 1 N–H and O–H groups in total. The Balaban J connectivity index is 1.70. The number of aromatic nitrogens is 1. The molecule has 0 radical (unpaired) electrons. The van der Waals surface area contributed by atoms with E-state index in [1.807, 2.05) is 0 Å². The summed E-state index contributed by atoms with van der Waals surface area (Å²) >= 11 is 5.88. The first-order valence-corrected chi connectivity index (χ1v) is 7.71. The fourth-order valence-electron chi connectivity index (χ4n) is 2.71. The number of amides is 1. The van der Waals surface area contributed by atoms with E-state index in [-0.39, 0.29) is 17.6 Å². The fourth-order valence-corrected chi connectivity index (χ4v) is 2.83. The van der Waals surface area contributed by atoms with E-state index in [0.29, 0.717) is 17.1 Å². The van der Waals surface area contributed by atoms with Gasteiger partial charge in [0.05, 0.1) is 11.6 Å². The largest absolute Gasteiger partial charge is 0.363 e. The average Bonchev–Trinajstić information content (AvgIpc) is 3.22. The number of nitriles is 1. The van der Waals surface area contributed by atoms with E-state index < -0.39 is 0 Å². The molecule has 0 aliphatic carbocycles. The highest BCUT2D eigenvalue weighted by Crippen LogP contribution is 2.24. The minimum absolute atomic E-state index is 0.0508. The van der Waals surface area contributed by atoms with Crippen LogP contribution in [-0.4, -0.2) is 35.1 Å². The van der Waals surface area contributed by atoms with Crippen LogP contribution in [0.4, 0.5) is 0 Å². The first-order valence-electron chi connectivity index (χ1n) is 7.34. The van der Waals surface area contributed by atoms with Crippen LogP contribution < -0.4 is 5.32 Å². The Hall–Kier alpha value is -2.52. The standard InChI is InChI=1S/C16H15ClN4O2/c17-12-5-3-11(4-6-12)14-9-23-20-15(14)16(22)19-8-13-2-1-7-21(13)10-18/h3-6,9,13H,1-2,7-8H2,(H,19,22)/t13-/m1/s1. The number of likely N-dealkylation sites (tertiary alicyclic amines) is 1. The zero-order valence-corrected chi connectivity index (χ0v) is 13.1. The van der Waals surface area contributed by atoms with E-state index in [1.165, 1.54) is 6.26 Å². The molecule has 0 bridgehead atoms. The van der Waals surface area contributed by atoms with Crippen LogP contribution in [0.3, 0.4) is 0 Å². The normalized spacial score (nSPS) is 17.0. The van der Waals surface area contributed by atoms with Gasteiger partial charge in [0.1, 0.15) is 6.26 Å². The molecule has 1 amide bonds. The molecule has 23 heavy (non-hydrogen) atoms. The molecule has 118 valence electrons. The maximum absolute atomic E-state index is 12.4. The second kappa shape index (κ2) is 6.71. The average molecular weight is 331 g/mol. The lowest BCUT2D eigenvalue weighted by molar-refractivity contribution is 0.0937. The van der Waals surface area contributed by atoms with Crippen molar-refractivity contribution in [3.63, 3.8) is 0 Å². The zero-order valence-electron chi connectivity index (χ0n) is 12.3. The van der Waals surface area contributed by atoms with Gasteiger partial charge in [-0.25, -0.2) is 0 Å². The van der Waals surface area contributed by atoms with Crippen LogP contribution >= 0.6 is 11.6 Å². The predicted molar refractivity (Wildman–Crippen MR) is 84.6 cm³/mol. The molecule has 3 rings (SSSR count). The van der Waals surface area contributed by atoms with E-state index in [9.17, 15) is 4.79 Å². The van der Waals surface area contributed by atoms with Gasteiger partial charge in [-0.1, -0.05) is 28.9 Å². The molecule has 0 spiro atoms. The second-order valence-electron chi connectivity index (χ2n) is 5.38. The summed E-state index contributed by atoms with van der Waals surface area (Å²) in [6.07, 6.45) is 5.46. The molecule has 1 fully saturated rings. The molecule has 1 aromatic carbocycles. The summed E-state index contributed by atoms with van der Waals surface area (Å²) in [6.45, 7) is 1.16. The highest BCUT2D eigenvalue weighted by atomic mass is 35.5. The van der Waals surface area contributed by atoms with Gasteiger partial charge in [-0.2, -0.15) is 5.26 Å². The fraction of sp³-hybridized carbons (Fsp3) is 0.312. The molecule has 0 unspecified atom stereocenters. The van der Waals surface area contributed by atoms with Gasteiger partial charge in [-0.3, -0.25) is 4.79 Å². The Morgan fingerprint density at radius 2 is 2.26 bits per heavy atom. The number of carbonyl (C=O) groups excluding carboxylic acids is 1. The SMILES string of the molecule is N#CN1CCC[C@@H]1CNC(=O)c1nocc1-c1ccc(Cl)cc1. The smallest absolute Gasteiger partial charge is 0.274 e. The summed E-state index contributed by atoms with van der Waals surface area (Å²) in [7, 11) is 0. The highest BCUT2D eigenvalue weighted by molar-refractivity contribution is 6.30. The Morgan fingerprint density at radius 3 is 3.00 bits per heavy atom. The van der Waals surface area contributed by atoms with Crippen molar-refractivity contribution in [1.82, 2.24) is 15.4 Å². The predicted octanol–water partition coefficient (Wildman–Crippen LogP) is 2.67. The molecule has 1 aromatic heterocycles. The Bertz CT molecular complexity index is 735. The van der Waals surface area contributed by atoms with E-state index in [4.69, 9.17) is 21.4 Å². The van der Waals surface area contributed by atoms with Gasteiger partial charge in [-0.05, 0) is 30.5 Å². The minimum atomic E-state index is -0.312. The third-order valence-electron chi connectivity index (χ3n) is 3.94. The quantitative estimate of drug-likeness (QED) is 0.871. The number of rotatable bonds is 4. The summed E-state index contributed by atoms with van der Waals surface area (Å²) in [5.41, 5.74) is 1.65. The van der Waals surface area contributed by atoms with Crippen molar-refractivity contribution in [2.24, 2.45) is 0 Å². The minimum Gasteiger partial charge on any atom is -0.363 e. The Kier molecular flexibility index (Phi) is 4.49. The second-order valence-corrected chi connectivity index (χ2v) is 5.82. The number of nitrogens with zero attached hydrogens (tertiary/aromatic N) is 3. The van der Waals surface area contributed by atoms with Crippen molar-refractivity contribution in [2.45, 2.75) is 18.9 Å². The van der Waals surface area contributed by atoms with Crippen LogP contribution in [-0.2, 0) is 0 Å². The summed E-state index contributed by atoms with van der Waals surface area (Å²) in [4.78, 5) is 14.1. The van der Waals surface area contributed by atoms with Gasteiger partial charge < -0.3 is 14.7 Å². The Labute approximate surface area is 138 Å². The van der Waals surface area contributed by atoms with E-state index in [1.54, 1.807) is 29.2 Å². The first kappa shape index (κ1) is 15.4. The van der Waals surface area contributed by atoms with E-state index in [2.05, 4.69) is 16.7 Å². The molecular formula is C16H15ClN4O2. The van der Waals surface area contributed by atoms with Gasteiger partial charge in [0, 0.05) is 18.1 Å². The van der Waals surface area contributed by atoms with Crippen LogP contribution in [0.2, 0.25) is 5.02 Å². The monoisotopic (exact) mass is 330 g/mol. The topological polar surface area (TPSA) is 82.2 Å². The zero-order chi connectivity index (χ0) is 16.2. The van der Waals surface area contributed by atoms with E-state index in [0.717, 1.165) is 24.9 Å². The lowest BCUT2D eigenvalue weighted by Gasteiger charge is -2.18. The first-order chi connectivity index (χ1) is 11.2. The molecule has 7 heteroatoms. The van der Waals surface area contributed by atoms with Gasteiger partial charge in [0.25, 0.3) is 5.91 Å². The lowest BCUT2D eigenvalue weighted by Crippen LogP contribution is -2.38. The van der Waals surface area contributed by atoms with Gasteiger partial charge in [0.2, 0.25) is 0 Å². The van der Waals surface area contributed by atoms with Crippen LogP contribution in [0.1, 0.15) is 23.3 Å². The summed E-state index contributed by atoms with van der Waals surface area (Å²) in [5.74, 6) is -0.312. The molecule has 0 saturated carbocycles. The van der Waals surface area contributed by atoms with Gasteiger partial charge >= 0.3 is 0 Å². The molecule has 1 aliphatic rings. The molecule has 1 saturated heterocycles. The van der Waals surface area contributed by atoms with Crippen LogP contribution in [0.25, 0.3) is 11.1 Å². The molecular weight excluding hydrogens is 316 g/mol. The number of carbonyl (C=O) groups is 1. The summed E-state index contributed by atoms with van der Waals surface area (Å²) in [5, 5.41) is 16.3. The van der Waals surface area contributed by atoms with Crippen molar-refractivity contribution < 1.29 is 9.32 Å². The Morgan fingerprint density at radius 1 is 1.48 bits per heavy atom. The molecule has 6 nitrogen and oxygen atoms in total. The number of benzene rings is 1. The molecule has 2 aromatic rings. The lowest BCUT2D eigenvalue weighted by atomic mass is 10.1. The van der Waals surface area contributed by atoms with E-state index >= 15 is 0 Å². The van der Waals surface area contributed by atoms with Crippen molar-refractivity contribution in [3.05, 3.63) is 41.2 Å². The molecule has 1 aliphatic heterocycles.